The van der Waals surface area contributed by atoms with Crippen LogP contribution in [0, 0.1) is 24.0 Å². The highest BCUT2D eigenvalue weighted by molar-refractivity contribution is 6.03. The molecule has 6 atom stereocenters. The van der Waals surface area contributed by atoms with Gasteiger partial charge in [-0.2, -0.15) is 9.97 Å². The molecule has 0 saturated carbocycles. The first-order valence-corrected chi connectivity index (χ1v) is 15.7. The highest BCUT2D eigenvalue weighted by Gasteiger charge is 2.50. The molecular formula is C34H32F4N6O2. The van der Waals surface area contributed by atoms with Crippen molar-refractivity contribution in [3.05, 3.63) is 47.7 Å². The number of nitrogens with two attached hydrogens (primary N) is 1. The number of hydrogen-bond acceptors (Lipinski definition) is 8. The van der Waals surface area contributed by atoms with Gasteiger partial charge in [-0.25, -0.2) is 17.6 Å². The minimum Gasteiger partial charge on any atom is -0.508 e. The number of ether oxygens (including phenoxy) is 1. The number of alkyl halides is 2. The summed E-state index contributed by atoms with van der Waals surface area (Å²) in [6.07, 6.45) is 8.43. The number of terminal acetylenes is 1. The van der Waals surface area contributed by atoms with E-state index < -0.39 is 41.6 Å². The third-order valence-corrected chi connectivity index (χ3v) is 10.4. The number of benzene rings is 2. The number of anilines is 1. The van der Waals surface area contributed by atoms with Crippen molar-refractivity contribution >= 4 is 27.5 Å². The first-order valence-electron chi connectivity index (χ1n) is 15.7. The number of rotatable bonds is 5. The molecule has 4 fully saturated rings. The Balaban J connectivity index is 1.30. The maximum Gasteiger partial charge on any atom is 0.319 e. The highest BCUT2D eigenvalue weighted by Crippen LogP contribution is 2.45. The minimum absolute atomic E-state index is 0.0812. The maximum atomic E-state index is 16.8. The number of phenols is 1. The number of nitrogens with zero attached hydrogens (tertiary/aromatic N) is 5. The van der Waals surface area contributed by atoms with Crippen LogP contribution in [0.2, 0.25) is 0 Å². The lowest BCUT2D eigenvalue weighted by Crippen LogP contribution is -2.56. The van der Waals surface area contributed by atoms with Gasteiger partial charge >= 0.3 is 6.01 Å². The predicted octanol–water partition coefficient (Wildman–Crippen LogP) is 5.17. The van der Waals surface area contributed by atoms with Crippen molar-refractivity contribution in [1.82, 2.24) is 19.9 Å². The molecule has 0 radical (unpaired) electrons. The zero-order valence-electron chi connectivity index (χ0n) is 24.9. The topological polar surface area (TPSA) is 101 Å². The van der Waals surface area contributed by atoms with E-state index in [9.17, 15) is 13.9 Å². The molecule has 0 aliphatic carbocycles. The summed E-state index contributed by atoms with van der Waals surface area (Å²) in [5, 5.41) is 11.4. The number of hydrogen-bond donors (Lipinski definition) is 2. The van der Waals surface area contributed by atoms with Crippen LogP contribution in [0.15, 0.2) is 30.5 Å². The van der Waals surface area contributed by atoms with E-state index in [1.807, 2.05) is 4.90 Å². The fourth-order valence-electron chi connectivity index (χ4n) is 8.39. The average molecular weight is 633 g/mol. The second-order valence-electron chi connectivity index (χ2n) is 13.1. The van der Waals surface area contributed by atoms with Crippen LogP contribution >= 0.6 is 0 Å². The molecular weight excluding hydrogens is 600 g/mol. The van der Waals surface area contributed by atoms with Crippen molar-refractivity contribution < 1.29 is 27.4 Å². The second kappa shape index (κ2) is 10.7. The zero-order chi connectivity index (χ0) is 31.9. The van der Waals surface area contributed by atoms with Crippen LogP contribution in [0.5, 0.6) is 11.8 Å². The van der Waals surface area contributed by atoms with Gasteiger partial charge in [-0.15, -0.1) is 6.42 Å². The van der Waals surface area contributed by atoms with Crippen LogP contribution in [0.4, 0.5) is 23.4 Å². The molecule has 46 heavy (non-hydrogen) atoms. The first-order chi connectivity index (χ1) is 22.2. The van der Waals surface area contributed by atoms with Crippen molar-refractivity contribution in [2.45, 2.75) is 74.5 Å². The molecule has 238 valence electrons. The monoisotopic (exact) mass is 632 g/mol. The van der Waals surface area contributed by atoms with E-state index in [4.69, 9.17) is 21.9 Å². The fourth-order valence-corrected chi connectivity index (χ4v) is 8.39. The summed E-state index contributed by atoms with van der Waals surface area (Å²) in [6.45, 7) is 1.22. The molecule has 4 aromatic rings. The lowest BCUT2D eigenvalue weighted by atomic mass is 9.95. The number of aromatic nitrogens is 3. The molecule has 1 unspecified atom stereocenters. The highest BCUT2D eigenvalue weighted by atomic mass is 19.1. The summed E-state index contributed by atoms with van der Waals surface area (Å²) < 4.78 is 67.8. The predicted molar refractivity (Wildman–Crippen MR) is 165 cm³/mol. The summed E-state index contributed by atoms with van der Waals surface area (Å²) in [6, 6.07) is 3.89. The van der Waals surface area contributed by atoms with Gasteiger partial charge in [0.2, 0.25) is 0 Å². The quantitative estimate of drug-likeness (QED) is 0.230. The average Bonchev–Trinajstić information content (AvgIpc) is 3.68. The third-order valence-electron chi connectivity index (χ3n) is 10.4. The Labute approximate surface area is 262 Å². The molecule has 0 spiro atoms. The SMILES string of the molecule is C#Cc1c(F)ccc2cc(O)cc(-c3ncc4c(N5C6CC[C@H]5[C@H](F)[C@@H](N)C6)nc(OC[C@@]56CCCN5C[C@H](F)C6)nc4c3F)c12. The van der Waals surface area contributed by atoms with Gasteiger partial charge in [0.1, 0.15) is 47.5 Å². The van der Waals surface area contributed by atoms with Gasteiger partial charge in [0.25, 0.3) is 0 Å². The molecule has 8 nitrogen and oxygen atoms in total. The molecule has 4 aliphatic heterocycles. The van der Waals surface area contributed by atoms with Gasteiger partial charge in [0.05, 0.1) is 22.5 Å². The van der Waals surface area contributed by atoms with Crippen LogP contribution in [-0.4, -0.2) is 80.7 Å². The standard InChI is InChI=1S/C34H32F4N6O2/c1-2-21-24(36)6-4-17-10-20(45)12-22(27(17)21)30-29(38)31-23(14-40-30)32(44-19-5-7-26(44)28(37)25(39)11-19)42-33(41-31)46-16-34-8-3-9-43(34)15-18(35)13-34/h1,4,6,10,12,14,18-19,25-26,28,45H,3,5,7-9,11,13,15-16,39H2/t18-,19?,25+,26+,28-,34+/m1/s1. The van der Waals surface area contributed by atoms with E-state index in [-0.39, 0.29) is 63.3 Å². The maximum absolute atomic E-state index is 16.8. The second-order valence-corrected chi connectivity index (χ2v) is 13.1. The van der Waals surface area contributed by atoms with E-state index in [0.717, 1.165) is 19.4 Å². The van der Waals surface area contributed by atoms with Crippen molar-refractivity contribution in [1.29, 1.82) is 0 Å². The Morgan fingerprint density at radius 2 is 2.02 bits per heavy atom. The molecule has 6 heterocycles. The van der Waals surface area contributed by atoms with Gasteiger partial charge in [-0.05, 0) is 62.2 Å². The summed E-state index contributed by atoms with van der Waals surface area (Å²) >= 11 is 0. The van der Waals surface area contributed by atoms with Gasteiger partial charge in [0, 0.05) is 42.2 Å². The molecule has 3 N–H and O–H groups in total. The first kappa shape index (κ1) is 29.2. The number of fused-ring (bicyclic) bond motifs is 5. The Kier molecular flexibility index (Phi) is 6.78. The number of halogens is 4. The molecule has 4 saturated heterocycles. The Hall–Kier alpha value is -4.21. The third kappa shape index (κ3) is 4.39. The van der Waals surface area contributed by atoms with Crippen molar-refractivity contribution in [3.63, 3.8) is 0 Å². The van der Waals surface area contributed by atoms with Crippen molar-refractivity contribution in [2.75, 3.05) is 24.6 Å². The van der Waals surface area contributed by atoms with E-state index in [0.29, 0.717) is 37.6 Å². The van der Waals surface area contributed by atoms with Gasteiger partial charge in [-0.3, -0.25) is 9.88 Å². The minimum atomic E-state index is -1.31. The zero-order valence-corrected chi connectivity index (χ0v) is 24.9. The summed E-state index contributed by atoms with van der Waals surface area (Å²) in [7, 11) is 0. The Morgan fingerprint density at radius 3 is 2.85 bits per heavy atom. The largest absolute Gasteiger partial charge is 0.508 e. The van der Waals surface area contributed by atoms with Gasteiger partial charge in [-0.1, -0.05) is 12.0 Å². The molecule has 2 bridgehead atoms. The van der Waals surface area contributed by atoms with Gasteiger partial charge in [0.15, 0.2) is 5.82 Å². The molecule has 8 rings (SSSR count). The number of aromatic hydroxyl groups is 1. The van der Waals surface area contributed by atoms with Crippen LogP contribution in [-0.2, 0) is 0 Å². The Morgan fingerprint density at radius 1 is 1.17 bits per heavy atom. The summed E-state index contributed by atoms with van der Waals surface area (Å²) in [5.41, 5.74) is 5.26. The van der Waals surface area contributed by atoms with E-state index in [2.05, 4.69) is 20.8 Å². The molecule has 12 heteroatoms. The number of phenolic OH excluding ortho intramolecular Hbond substituents is 1. The van der Waals surface area contributed by atoms with E-state index >= 15 is 8.78 Å². The molecule has 2 aromatic heterocycles. The lowest BCUT2D eigenvalue weighted by molar-refractivity contribution is 0.107. The van der Waals surface area contributed by atoms with Crippen LogP contribution < -0.4 is 15.4 Å². The Bertz CT molecular complexity index is 1940. The number of piperidine rings is 1. The van der Waals surface area contributed by atoms with Crippen LogP contribution in [0.3, 0.4) is 0 Å². The molecule has 2 aromatic carbocycles. The van der Waals surface area contributed by atoms with Crippen molar-refractivity contribution in [2.24, 2.45) is 5.73 Å². The molecule has 0 amide bonds. The normalized spacial score (nSPS) is 29.0. The smallest absolute Gasteiger partial charge is 0.319 e. The molecule has 4 aliphatic rings. The van der Waals surface area contributed by atoms with Crippen LogP contribution in [0.1, 0.15) is 44.1 Å². The van der Waals surface area contributed by atoms with E-state index in [1.54, 1.807) is 0 Å². The van der Waals surface area contributed by atoms with E-state index in [1.165, 1.54) is 30.5 Å². The van der Waals surface area contributed by atoms with Gasteiger partial charge < -0.3 is 20.5 Å². The summed E-state index contributed by atoms with van der Waals surface area (Å²) in [4.78, 5) is 17.6. The van der Waals surface area contributed by atoms with Crippen LogP contribution in [0.25, 0.3) is 32.9 Å². The number of pyridine rings is 1. The summed E-state index contributed by atoms with van der Waals surface area (Å²) in [5.74, 6) is 0.890. The lowest BCUT2D eigenvalue weighted by Gasteiger charge is -2.41. The van der Waals surface area contributed by atoms with Crippen molar-refractivity contribution in [3.8, 4) is 35.4 Å². The fraction of sp³-hybridized carbons (Fsp3) is 0.441.